The Morgan fingerprint density at radius 1 is 1.11 bits per heavy atom. The first-order chi connectivity index (χ1) is 9.31. The number of aromatic nitrogens is 1. The van der Waals surface area contributed by atoms with Crippen LogP contribution < -0.4 is 10.3 Å². The largest absolute Gasteiger partial charge is 0.483 e. The fourth-order valence-electron chi connectivity index (χ4n) is 1.86. The molecule has 19 heavy (non-hydrogen) atoms. The van der Waals surface area contributed by atoms with Gasteiger partial charge in [-0.1, -0.05) is 43.7 Å². The molecular weight excluding hydrogens is 238 g/mol. The van der Waals surface area contributed by atoms with Gasteiger partial charge in [0.25, 0.3) is 5.56 Å². The van der Waals surface area contributed by atoms with Gasteiger partial charge in [-0.2, -0.15) is 0 Å². The zero-order chi connectivity index (χ0) is 13.5. The van der Waals surface area contributed by atoms with Crippen molar-refractivity contribution < 1.29 is 4.74 Å². The Kier molecular flexibility index (Phi) is 4.78. The number of nitrogens with zero attached hydrogens (tertiary/aromatic N) is 1. The van der Waals surface area contributed by atoms with Gasteiger partial charge >= 0.3 is 0 Å². The van der Waals surface area contributed by atoms with Crippen molar-refractivity contribution in [3.05, 3.63) is 64.6 Å². The van der Waals surface area contributed by atoms with E-state index in [1.165, 1.54) is 0 Å². The van der Waals surface area contributed by atoms with Crippen LogP contribution in [0, 0.1) is 0 Å². The van der Waals surface area contributed by atoms with E-state index >= 15 is 0 Å². The summed E-state index contributed by atoms with van der Waals surface area (Å²) >= 11 is 0. The highest BCUT2D eigenvalue weighted by atomic mass is 16.5. The Labute approximate surface area is 113 Å². The van der Waals surface area contributed by atoms with E-state index in [2.05, 4.69) is 6.92 Å². The molecule has 0 aliphatic rings. The molecule has 0 unspecified atom stereocenters. The molecule has 0 fully saturated rings. The molecule has 3 nitrogen and oxygen atoms in total. The quantitative estimate of drug-likeness (QED) is 0.795. The average molecular weight is 257 g/mol. The van der Waals surface area contributed by atoms with Gasteiger partial charge in [-0.15, -0.1) is 0 Å². The summed E-state index contributed by atoms with van der Waals surface area (Å²) in [6.07, 6.45) is 3.89. The van der Waals surface area contributed by atoms with E-state index in [9.17, 15) is 4.79 Å². The number of aryl methyl sites for hydroxylation is 1. The Morgan fingerprint density at radius 2 is 1.89 bits per heavy atom. The second kappa shape index (κ2) is 6.78. The molecule has 1 aromatic carbocycles. The van der Waals surface area contributed by atoms with Crippen LogP contribution in [0.15, 0.2) is 53.5 Å². The van der Waals surface area contributed by atoms with Gasteiger partial charge < -0.3 is 9.30 Å². The van der Waals surface area contributed by atoms with Gasteiger partial charge in [0.15, 0.2) is 5.75 Å². The number of hydrogen-bond acceptors (Lipinski definition) is 2. The predicted molar refractivity (Wildman–Crippen MR) is 76.4 cm³/mol. The zero-order valence-corrected chi connectivity index (χ0v) is 11.2. The second-order valence-electron chi connectivity index (χ2n) is 4.50. The van der Waals surface area contributed by atoms with Gasteiger partial charge in [0.1, 0.15) is 6.61 Å². The lowest BCUT2D eigenvalue weighted by molar-refractivity contribution is 0.298. The first-order valence-corrected chi connectivity index (χ1v) is 6.67. The molecule has 100 valence electrons. The van der Waals surface area contributed by atoms with Crippen molar-refractivity contribution in [1.82, 2.24) is 4.57 Å². The zero-order valence-electron chi connectivity index (χ0n) is 11.2. The minimum atomic E-state index is -0.0492. The van der Waals surface area contributed by atoms with Crippen molar-refractivity contribution in [3.63, 3.8) is 0 Å². The van der Waals surface area contributed by atoms with Crippen molar-refractivity contribution in [2.45, 2.75) is 32.9 Å². The summed E-state index contributed by atoms with van der Waals surface area (Å²) in [4.78, 5) is 12.1. The van der Waals surface area contributed by atoms with Crippen LogP contribution in [0.4, 0.5) is 0 Å². The van der Waals surface area contributed by atoms with Crippen molar-refractivity contribution >= 4 is 0 Å². The molecule has 2 aromatic rings. The van der Waals surface area contributed by atoms with Crippen LogP contribution in [0.1, 0.15) is 25.3 Å². The topological polar surface area (TPSA) is 31.2 Å². The molecular formula is C16H19NO2. The van der Waals surface area contributed by atoms with E-state index in [1.54, 1.807) is 10.6 Å². The van der Waals surface area contributed by atoms with Gasteiger partial charge in [0.05, 0.1) is 0 Å². The van der Waals surface area contributed by atoms with Gasteiger partial charge in [-0.05, 0) is 24.1 Å². The van der Waals surface area contributed by atoms with E-state index in [0.717, 1.165) is 24.9 Å². The highest BCUT2D eigenvalue weighted by Gasteiger charge is 2.04. The average Bonchev–Trinajstić information content (AvgIpc) is 2.46. The third kappa shape index (κ3) is 3.71. The van der Waals surface area contributed by atoms with E-state index in [-0.39, 0.29) is 5.56 Å². The van der Waals surface area contributed by atoms with Crippen LogP contribution in [-0.4, -0.2) is 4.57 Å². The van der Waals surface area contributed by atoms with Gasteiger partial charge in [-0.25, -0.2) is 0 Å². The fourth-order valence-corrected chi connectivity index (χ4v) is 1.86. The van der Waals surface area contributed by atoms with Gasteiger partial charge in [0.2, 0.25) is 0 Å². The second-order valence-corrected chi connectivity index (χ2v) is 4.50. The molecule has 0 saturated heterocycles. The predicted octanol–water partition coefficient (Wildman–Crippen LogP) is 3.23. The lowest BCUT2D eigenvalue weighted by Crippen LogP contribution is -2.21. The summed E-state index contributed by atoms with van der Waals surface area (Å²) in [6.45, 7) is 3.28. The van der Waals surface area contributed by atoms with E-state index in [4.69, 9.17) is 4.74 Å². The molecule has 0 N–H and O–H groups in total. The number of ether oxygens (including phenoxy) is 1. The summed E-state index contributed by atoms with van der Waals surface area (Å²) < 4.78 is 7.32. The Bertz CT molecular complexity index is 560. The number of benzene rings is 1. The van der Waals surface area contributed by atoms with Crippen molar-refractivity contribution in [2.75, 3.05) is 0 Å². The third-order valence-electron chi connectivity index (χ3n) is 2.97. The smallest absolute Gasteiger partial charge is 0.292 e. The maximum Gasteiger partial charge on any atom is 0.292 e. The van der Waals surface area contributed by atoms with Crippen molar-refractivity contribution in [1.29, 1.82) is 0 Å². The van der Waals surface area contributed by atoms with Crippen LogP contribution in [0.5, 0.6) is 5.75 Å². The maximum atomic E-state index is 12.1. The summed E-state index contributed by atoms with van der Waals surface area (Å²) in [5.74, 6) is 0.419. The molecule has 0 spiro atoms. The first-order valence-electron chi connectivity index (χ1n) is 6.67. The van der Waals surface area contributed by atoms with Crippen LogP contribution in [0.3, 0.4) is 0 Å². The maximum absolute atomic E-state index is 12.1. The number of rotatable bonds is 6. The Hall–Kier alpha value is -2.03. The minimum Gasteiger partial charge on any atom is -0.483 e. The summed E-state index contributed by atoms with van der Waals surface area (Å²) in [5, 5.41) is 0. The van der Waals surface area contributed by atoms with Gasteiger partial charge in [-0.3, -0.25) is 4.79 Å². The SMILES string of the molecule is CCCCn1cccc(OCc2ccccc2)c1=O. The number of unbranched alkanes of at least 4 members (excludes halogenated alkanes) is 1. The summed E-state index contributed by atoms with van der Waals surface area (Å²) in [6, 6.07) is 13.4. The van der Waals surface area contributed by atoms with E-state index in [1.807, 2.05) is 42.6 Å². The summed E-state index contributed by atoms with van der Waals surface area (Å²) in [5.41, 5.74) is 1.01. The van der Waals surface area contributed by atoms with E-state index in [0.29, 0.717) is 12.4 Å². The Morgan fingerprint density at radius 3 is 2.63 bits per heavy atom. The molecule has 0 atom stereocenters. The minimum absolute atomic E-state index is 0.0492. The molecule has 0 aliphatic carbocycles. The van der Waals surface area contributed by atoms with Crippen molar-refractivity contribution in [3.8, 4) is 5.75 Å². The normalized spacial score (nSPS) is 10.4. The third-order valence-corrected chi connectivity index (χ3v) is 2.97. The molecule has 1 aromatic heterocycles. The molecule has 0 bridgehead atoms. The summed E-state index contributed by atoms with van der Waals surface area (Å²) in [7, 11) is 0. The van der Waals surface area contributed by atoms with Crippen LogP contribution >= 0.6 is 0 Å². The molecule has 0 amide bonds. The van der Waals surface area contributed by atoms with E-state index < -0.39 is 0 Å². The van der Waals surface area contributed by atoms with Crippen LogP contribution in [0.2, 0.25) is 0 Å². The molecule has 0 aliphatic heterocycles. The molecule has 0 saturated carbocycles. The molecule has 2 rings (SSSR count). The van der Waals surface area contributed by atoms with Gasteiger partial charge in [0, 0.05) is 12.7 Å². The standard InChI is InChI=1S/C16H19NO2/c1-2-3-11-17-12-7-10-15(16(17)18)19-13-14-8-5-4-6-9-14/h4-10,12H,2-3,11,13H2,1H3. The molecule has 1 heterocycles. The fraction of sp³-hybridized carbons (Fsp3) is 0.312. The lowest BCUT2D eigenvalue weighted by Gasteiger charge is -2.09. The van der Waals surface area contributed by atoms with Crippen LogP contribution in [-0.2, 0) is 13.2 Å². The van der Waals surface area contributed by atoms with Crippen molar-refractivity contribution in [2.24, 2.45) is 0 Å². The lowest BCUT2D eigenvalue weighted by atomic mass is 10.2. The van der Waals surface area contributed by atoms with Crippen LogP contribution in [0.25, 0.3) is 0 Å². The number of hydrogen-bond donors (Lipinski definition) is 0. The monoisotopic (exact) mass is 257 g/mol. The highest BCUT2D eigenvalue weighted by Crippen LogP contribution is 2.07. The first kappa shape index (κ1) is 13.4. The highest BCUT2D eigenvalue weighted by molar-refractivity contribution is 5.19. The number of pyridine rings is 1. The molecule has 0 radical (unpaired) electrons. The Balaban J connectivity index is 2.06. The molecule has 3 heteroatoms.